The first kappa shape index (κ1) is 13.5. The summed E-state index contributed by atoms with van der Waals surface area (Å²) in [7, 11) is -1.46. The van der Waals surface area contributed by atoms with Crippen LogP contribution in [0.25, 0.3) is 0 Å². The number of benzene rings is 1. The minimum absolute atomic E-state index is 0.409. The van der Waals surface area contributed by atoms with Crippen LogP contribution in [-0.2, 0) is 0 Å². The normalized spacial score (nSPS) is 13.3. The third kappa shape index (κ3) is 3.76. The Morgan fingerprint density at radius 2 is 1.75 bits per heavy atom. The molecular weight excluding hydrogens is 234 g/mol. The fourth-order valence-electron chi connectivity index (χ4n) is 1.53. The van der Waals surface area contributed by atoms with Crippen LogP contribution in [0, 0.1) is 5.92 Å². The van der Waals surface area contributed by atoms with E-state index in [9.17, 15) is 0 Å². The molecule has 0 heterocycles. The summed E-state index contributed by atoms with van der Waals surface area (Å²) >= 11 is 6.23. The Hall–Kier alpha value is -0.603. The van der Waals surface area contributed by atoms with Crippen molar-refractivity contribution in [1.29, 1.82) is 0 Å². The lowest BCUT2D eigenvalue weighted by atomic mass is 10.0. The first-order valence-electron chi connectivity index (χ1n) is 5.66. The van der Waals surface area contributed by atoms with E-state index in [1.54, 1.807) is 0 Å². The van der Waals surface area contributed by atoms with Gasteiger partial charge in [-0.25, -0.2) is 0 Å². The zero-order chi connectivity index (χ0) is 12.3. The van der Waals surface area contributed by atoms with Crippen molar-refractivity contribution in [2.24, 2.45) is 10.6 Å². The van der Waals surface area contributed by atoms with Crippen LogP contribution in [-0.4, -0.2) is 13.9 Å². The molecule has 0 radical (unpaired) electrons. The Morgan fingerprint density at radius 3 is 2.19 bits per heavy atom. The van der Waals surface area contributed by atoms with Gasteiger partial charge in [-0.05, 0) is 31.6 Å². The van der Waals surface area contributed by atoms with Crippen molar-refractivity contribution in [3.63, 3.8) is 0 Å². The second-order valence-corrected chi connectivity index (χ2v) is 10.3. The summed E-state index contributed by atoms with van der Waals surface area (Å²) in [5.41, 5.74) is 2.23. The molecule has 0 aliphatic heterocycles. The topological polar surface area (TPSA) is 12.4 Å². The summed E-state index contributed by atoms with van der Waals surface area (Å²) in [6.07, 6.45) is 0. The molecule has 88 valence electrons. The summed E-state index contributed by atoms with van der Waals surface area (Å²) in [5, 5.41) is 0.799. The van der Waals surface area contributed by atoms with Gasteiger partial charge in [0.15, 0.2) is 8.24 Å². The van der Waals surface area contributed by atoms with E-state index in [4.69, 9.17) is 16.3 Å². The number of hydrogen-bond donors (Lipinski definition) is 0. The second-order valence-electron chi connectivity index (χ2n) is 5.30. The molecule has 0 amide bonds. The van der Waals surface area contributed by atoms with Crippen LogP contribution in [0.4, 0.5) is 0 Å². The number of hydrogen-bond acceptors (Lipinski definition) is 1. The number of halogens is 1. The van der Waals surface area contributed by atoms with Gasteiger partial charge in [-0.1, -0.05) is 43.6 Å². The molecule has 0 fully saturated rings. The third-order valence-electron chi connectivity index (χ3n) is 2.15. The highest BCUT2D eigenvalue weighted by molar-refractivity contribution is 6.75. The van der Waals surface area contributed by atoms with Gasteiger partial charge in [0.2, 0.25) is 0 Å². The molecule has 3 heteroatoms. The minimum Gasteiger partial charge on any atom is -0.325 e. The van der Waals surface area contributed by atoms with Crippen LogP contribution in [0.15, 0.2) is 28.9 Å². The molecule has 0 aromatic heterocycles. The van der Waals surface area contributed by atoms with Gasteiger partial charge in [0.05, 0.1) is 0 Å². The van der Waals surface area contributed by atoms with Crippen molar-refractivity contribution in [3.8, 4) is 0 Å². The van der Waals surface area contributed by atoms with Crippen LogP contribution in [0.5, 0.6) is 0 Å². The standard InChI is InChI=1S/C13H20ClNSi/c1-10(2)13(15-16(3,4)5)11-8-6-7-9-12(11)14/h6-10H,1-5H3/b15-13+. The molecule has 0 N–H and O–H groups in total. The molecule has 0 unspecified atom stereocenters. The van der Waals surface area contributed by atoms with Gasteiger partial charge < -0.3 is 4.66 Å². The molecular formula is C13H20ClNSi. The molecule has 0 atom stereocenters. The summed E-state index contributed by atoms with van der Waals surface area (Å²) < 4.78 is 4.91. The van der Waals surface area contributed by atoms with Crippen molar-refractivity contribution >= 4 is 25.5 Å². The van der Waals surface area contributed by atoms with Gasteiger partial charge in [0, 0.05) is 16.3 Å². The Kier molecular flexibility index (Phi) is 4.33. The summed E-state index contributed by atoms with van der Waals surface area (Å²) in [6, 6.07) is 7.96. The van der Waals surface area contributed by atoms with Crippen molar-refractivity contribution in [2.75, 3.05) is 0 Å². The predicted octanol–water partition coefficient (Wildman–Crippen LogP) is 4.62. The van der Waals surface area contributed by atoms with Crippen molar-refractivity contribution in [2.45, 2.75) is 33.5 Å². The van der Waals surface area contributed by atoms with Crippen LogP contribution >= 0.6 is 11.6 Å². The van der Waals surface area contributed by atoms with Gasteiger partial charge in [0.25, 0.3) is 0 Å². The molecule has 1 aromatic carbocycles. The number of nitrogens with zero attached hydrogens (tertiary/aromatic N) is 1. The SMILES string of the molecule is CC(C)/C(=N\[Si](C)(C)C)c1ccccc1Cl. The zero-order valence-electron chi connectivity index (χ0n) is 10.7. The van der Waals surface area contributed by atoms with Crippen LogP contribution in [0.1, 0.15) is 19.4 Å². The molecule has 0 saturated carbocycles. The van der Waals surface area contributed by atoms with E-state index in [1.807, 2.05) is 18.2 Å². The maximum absolute atomic E-state index is 6.23. The minimum atomic E-state index is -1.46. The molecule has 0 aliphatic rings. The molecule has 0 bridgehead atoms. The molecule has 0 spiro atoms. The highest BCUT2D eigenvalue weighted by Gasteiger charge is 2.17. The van der Waals surface area contributed by atoms with E-state index in [0.717, 1.165) is 16.3 Å². The Bertz CT molecular complexity index is 391. The maximum Gasteiger partial charge on any atom is 0.172 e. The largest absolute Gasteiger partial charge is 0.325 e. The second kappa shape index (κ2) is 5.15. The van der Waals surface area contributed by atoms with E-state index in [0.29, 0.717) is 5.92 Å². The van der Waals surface area contributed by atoms with Crippen LogP contribution < -0.4 is 0 Å². The smallest absolute Gasteiger partial charge is 0.172 e. The van der Waals surface area contributed by atoms with E-state index >= 15 is 0 Å². The lowest BCUT2D eigenvalue weighted by Crippen LogP contribution is -2.23. The average Bonchev–Trinajstić information content (AvgIpc) is 2.13. The maximum atomic E-state index is 6.23. The fraction of sp³-hybridized carbons (Fsp3) is 0.462. The summed E-state index contributed by atoms with van der Waals surface area (Å²) in [6.45, 7) is 11.1. The van der Waals surface area contributed by atoms with Crippen molar-refractivity contribution in [3.05, 3.63) is 34.9 Å². The van der Waals surface area contributed by atoms with Gasteiger partial charge in [0.1, 0.15) is 0 Å². The van der Waals surface area contributed by atoms with Crippen LogP contribution in [0.3, 0.4) is 0 Å². The molecule has 1 nitrogen and oxygen atoms in total. The monoisotopic (exact) mass is 253 g/mol. The molecule has 16 heavy (non-hydrogen) atoms. The Balaban J connectivity index is 3.25. The molecule has 1 aromatic rings. The first-order chi connectivity index (χ1) is 7.31. The highest BCUT2D eigenvalue weighted by Crippen LogP contribution is 2.21. The predicted molar refractivity (Wildman–Crippen MR) is 76.2 cm³/mol. The molecule has 0 saturated heterocycles. The molecule has 0 aliphatic carbocycles. The fourth-order valence-corrected chi connectivity index (χ4v) is 2.86. The van der Waals surface area contributed by atoms with Crippen LogP contribution in [0.2, 0.25) is 24.7 Å². The summed E-state index contributed by atoms with van der Waals surface area (Å²) in [5.74, 6) is 0.409. The summed E-state index contributed by atoms with van der Waals surface area (Å²) in [4.78, 5) is 0. The third-order valence-corrected chi connectivity index (χ3v) is 3.39. The average molecular weight is 254 g/mol. The van der Waals surface area contributed by atoms with Gasteiger partial charge >= 0.3 is 0 Å². The van der Waals surface area contributed by atoms with E-state index in [1.165, 1.54) is 0 Å². The lowest BCUT2D eigenvalue weighted by Gasteiger charge is -2.18. The molecule has 1 rings (SSSR count). The van der Waals surface area contributed by atoms with E-state index in [-0.39, 0.29) is 0 Å². The van der Waals surface area contributed by atoms with Gasteiger partial charge in [-0.2, -0.15) is 0 Å². The van der Waals surface area contributed by atoms with Gasteiger partial charge in [-0.15, -0.1) is 0 Å². The van der Waals surface area contributed by atoms with Crippen molar-refractivity contribution < 1.29 is 0 Å². The highest BCUT2D eigenvalue weighted by atomic mass is 35.5. The number of rotatable bonds is 3. The first-order valence-corrected chi connectivity index (χ1v) is 9.48. The lowest BCUT2D eigenvalue weighted by molar-refractivity contribution is 0.886. The Labute approximate surface area is 105 Å². The quantitative estimate of drug-likeness (QED) is 0.551. The zero-order valence-corrected chi connectivity index (χ0v) is 12.5. The van der Waals surface area contributed by atoms with Gasteiger partial charge in [-0.3, -0.25) is 0 Å². The van der Waals surface area contributed by atoms with Crippen molar-refractivity contribution in [1.82, 2.24) is 0 Å². The van der Waals surface area contributed by atoms with E-state index < -0.39 is 8.24 Å². The van der Waals surface area contributed by atoms with E-state index in [2.05, 4.69) is 39.6 Å². The Morgan fingerprint density at radius 1 is 1.19 bits per heavy atom.